The third kappa shape index (κ3) is 2.59. The first-order valence-corrected chi connectivity index (χ1v) is 6.10. The van der Waals surface area contributed by atoms with E-state index in [2.05, 4.69) is 17.3 Å². The van der Waals surface area contributed by atoms with Gasteiger partial charge < -0.3 is 5.32 Å². The molecular formula is C14H18FN3. The summed E-state index contributed by atoms with van der Waals surface area (Å²) in [6.07, 6.45) is 2.01. The molecule has 0 aliphatic rings. The Bertz CT molecular complexity index is 516. The Labute approximate surface area is 107 Å². The van der Waals surface area contributed by atoms with Gasteiger partial charge in [-0.3, -0.25) is 4.68 Å². The normalized spacial score (nSPS) is 12.7. The van der Waals surface area contributed by atoms with Gasteiger partial charge in [-0.2, -0.15) is 5.10 Å². The molecule has 3 nitrogen and oxygen atoms in total. The van der Waals surface area contributed by atoms with Crippen molar-refractivity contribution in [2.24, 2.45) is 7.05 Å². The molecule has 0 bridgehead atoms. The maximum atomic E-state index is 13.0. The maximum absolute atomic E-state index is 13.0. The lowest BCUT2D eigenvalue weighted by molar-refractivity contribution is 0.612. The minimum absolute atomic E-state index is 0.0595. The molecule has 1 aromatic heterocycles. The summed E-state index contributed by atoms with van der Waals surface area (Å²) in [6, 6.07) is 6.67. The van der Waals surface area contributed by atoms with Crippen molar-refractivity contribution < 1.29 is 4.39 Å². The summed E-state index contributed by atoms with van der Waals surface area (Å²) in [7, 11) is 1.91. The fourth-order valence-corrected chi connectivity index (χ4v) is 2.17. The molecule has 2 aromatic rings. The summed E-state index contributed by atoms with van der Waals surface area (Å²) >= 11 is 0. The van der Waals surface area contributed by atoms with Gasteiger partial charge in [0.1, 0.15) is 5.82 Å². The largest absolute Gasteiger partial charge is 0.306 e. The molecule has 18 heavy (non-hydrogen) atoms. The van der Waals surface area contributed by atoms with Gasteiger partial charge in [-0.1, -0.05) is 19.1 Å². The topological polar surface area (TPSA) is 29.9 Å². The van der Waals surface area contributed by atoms with Gasteiger partial charge in [0, 0.05) is 18.8 Å². The molecule has 1 heterocycles. The zero-order valence-electron chi connectivity index (χ0n) is 10.9. The van der Waals surface area contributed by atoms with Crippen LogP contribution in [0.3, 0.4) is 0 Å². The molecule has 0 saturated carbocycles. The number of nitrogens with one attached hydrogen (secondary N) is 1. The number of benzene rings is 1. The van der Waals surface area contributed by atoms with Gasteiger partial charge in [-0.05, 0) is 31.2 Å². The Morgan fingerprint density at radius 2 is 2.00 bits per heavy atom. The van der Waals surface area contributed by atoms with Gasteiger partial charge in [-0.25, -0.2) is 4.39 Å². The van der Waals surface area contributed by atoms with E-state index < -0.39 is 0 Å². The summed E-state index contributed by atoms with van der Waals surface area (Å²) in [5, 5.41) is 7.77. The second-order valence-electron chi connectivity index (χ2n) is 4.39. The van der Waals surface area contributed by atoms with Gasteiger partial charge in [-0.15, -0.1) is 0 Å². The van der Waals surface area contributed by atoms with Crippen LogP contribution in [0, 0.1) is 12.7 Å². The van der Waals surface area contributed by atoms with Gasteiger partial charge in [0.05, 0.1) is 11.7 Å². The first kappa shape index (κ1) is 12.8. The number of rotatable bonds is 4. The summed E-state index contributed by atoms with van der Waals surface area (Å²) in [5.74, 6) is -0.211. The second kappa shape index (κ2) is 5.31. The van der Waals surface area contributed by atoms with Crippen LogP contribution in [-0.4, -0.2) is 16.3 Å². The minimum atomic E-state index is -0.211. The van der Waals surface area contributed by atoms with E-state index in [1.165, 1.54) is 12.1 Å². The van der Waals surface area contributed by atoms with Crippen molar-refractivity contribution in [3.63, 3.8) is 0 Å². The van der Waals surface area contributed by atoms with Crippen molar-refractivity contribution in [2.75, 3.05) is 6.54 Å². The smallest absolute Gasteiger partial charge is 0.123 e. The van der Waals surface area contributed by atoms with Crippen LogP contribution in [0.1, 0.15) is 29.8 Å². The van der Waals surface area contributed by atoms with Gasteiger partial charge in [0.25, 0.3) is 0 Å². The molecule has 1 aromatic carbocycles. The number of halogens is 1. The lowest BCUT2D eigenvalue weighted by Crippen LogP contribution is -2.22. The Hall–Kier alpha value is -1.68. The quantitative estimate of drug-likeness (QED) is 0.900. The van der Waals surface area contributed by atoms with E-state index in [0.29, 0.717) is 0 Å². The van der Waals surface area contributed by atoms with Crippen molar-refractivity contribution >= 4 is 0 Å². The first-order valence-electron chi connectivity index (χ1n) is 6.10. The highest BCUT2D eigenvalue weighted by Crippen LogP contribution is 2.24. The molecule has 0 aliphatic heterocycles. The highest BCUT2D eigenvalue weighted by Gasteiger charge is 2.17. The molecule has 2 rings (SSSR count). The monoisotopic (exact) mass is 247 g/mol. The minimum Gasteiger partial charge on any atom is -0.306 e. The molecule has 1 atom stereocenters. The maximum Gasteiger partial charge on any atom is 0.123 e. The van der Waals surface area contributed by atoms with Crippen LogP contribution < -0.4 is 5.32 Å². The van der Waals surface area contributed by atoms with E-state index in [-0.39, 0.29) is 11.9 Å². The van der Waals surface area contributed by atoms with Crippen molar-refractivity contribution in [2.45, 2.75) is 19.9 Å². The molecule has 96 valence electrons. The van der Waals surface area contributed by atoms with Gasteiger partial charge in [0.2, 0.25) is 0 Å². The van der Waals surface area contributed by atoms with E-state index in [0.717, 1.165) is 23.4 Å². The third-order valence-electron chi connectivity index (χ3n) is 2.97. The molecule has 0 saturated heterocycles. The summed E-state index contributed by atoms with van der Waals surface area (Å²) in [5.41, 5.74) is 3.17. The van der Waals surface area contributed by atoms with Crippen LogP contribution in [0.2, 0.25) is 0 Å². The average Bonchev–Trinajstić information content (AvgIpc) is 2.67. The highest BCUT2D eigenvalue weighted by atomic mass is 19.1. The van der Waals surface area contributed by atoms with Crippen LogP contribution in [0.25, 0.3) is 0 Å². The molecule has 0 aliphatic carbocycles. The van der Waals surface area contributed by atoms with Crippen LogP contribution in [0.4, 0.5) is 4.39 Å². The van der Waals surface area contributed by atoms with Crippen LogP contribution in [0.5, 0.6) is 0 Å². The summed E-state index contributed by atoms with van der Waals surface area (Å²) < 4.78 is 14.8. The van der Waals surface area contributed by atoms with Crippen LogP contribution in [-0.2, 0) is 7.05 Å². The Balaban J connectivity index is 2.39. The summed E-state index contributed by atoms with van der Waals surface area (Å²) in [4.78, 5) is 0. The lowest BCUT2D eigenvalue weighted by Gasteiger charge is -2.17. The SMILES string of the molecule is CCNC(c1ccc(F)cc1)c1cn(C)nc1C. The number of aromatic nitrogens is 2. The first-order chi connectivity index (χ1) is 8.61. The predicted octanol–water partition coefficient (Wildman–Crippen LogP) is 2.57. The second-order valence-corrected chi connectivity index (χ2v) is 4.39. The average molecular weight is 247 g/mol. The van der Waals surface area contributed by atoms with E-state index in [1.807, 2.05) is 32.3 Å². The summed E-state index contributed by atoms with van der Waals surface area (Å²) in [6.45, 7) is 4.89. The van der Waals surface area contributed by atoms with Crippen molar-refractivity contribution in [1.82, 2.24) is 15.1 Å². The standard InChI is InChI=1S/C14H18FN3/c1-4-16-14(11-5-7-12(15)8-6-11)13-9-18(3)17-10(13)2/h5-9,14,16H,4H2,1-3H3. The molecule has 4 heteroatoms. The Morgan fingerprint density at radius 1 is 1.33 bits per heavy atom. The molecular weight excluding hydrogens is 229 g/mol. The lowest BCUT2D eigenvalue weighted by atomic mass is 9.99. The fourth-order valence-electron chi connectivity index (χ4n) is 2.17. The zero-order valence-corrected chi connectivity index (χ0v) is 10.9. The zero-order chi connectivity index (χ0) is 13.1. The van der Waals surface area contributed by atoms with Crippen LogP contribution in [0.15, 0.2) is 30.5 Å². The van der Waals surface area contributed by atoms with E-state index >= 15 is 0 Å². The van der Waals surface area contributed by atoms with Gasteiger partial charge in [0.15, 0.2) is 0 Å². The van der Waals surface area contributed by atoms with E-state index in [9.17, 15) is 4.39 Å². The fraction of sp³-hybridized carbons (Fsp3) is 0.357. The number of aryl methyl sites for hydroxylation is 2. The Kier molecular flexibility index (Phi) is 3.77. The Morgan fingerprint density at radius 3 is 2.50 bits per heavy atom. The van der Waals surface area contributed by atoms with Crippen LogP contribution >= 0.6 is 0 Å². The van der Waals surface area contributed by atoms with Crippen molar-refractivity contribution in [1.29, 1.82) is 0 Å². The number of nitrogens with zero attached hydrogens (tertiary/aromatic N) is 2. The number of hydrogen-bond acceptors (Lipinski definition) is 2. The van der Waals surface area contributed by atoms with Crippen molar-refractivity contribution in [3.05, 3.63) is 53.1 Å². The van der Waals surface area contributed by atoms with Crippen molar-refractivity contribution in [3.8, 4) is 0 Å². The molecule has 0 fully saturated rings. The van der Waals surface area contributed by atoms with Gasteiger partial charge >= 0.3 is 0 Å². The molecule has 0 radical (unpaired) electrons. The molecule has 0 amide bonds. The van der Waals surface area contributed by atoms with E-state index in [1.54, 1.807) is 4.68 Å². The molecule has 1 N–H and O–H groups in total. The number of hydrogen-bond donors (Lipinski definition) is 1. The third-order valence-corrected chi connectivity index (χ3v) is 2.97. The highest BCUT2D eigenvalue weighted by molar-refractivity contribution is 5.32. The predicted molar refractivity (Wildman–Crippen MR) is 69.9 cm³/mol. The molecule has 1 unspecified atom stereocenters. The van der Waals surface area contributed by atoms with E-state index in [4.69, 9.17) is 0 Å². The molecule has 0 spiro atoms.